The second kappa shape index (κ2) is 6.77. The van der Waals surface area contributed by atoms with Crippen molar-refractivity contribution in [2.24, 2.45) is 11.8 Å². The van der Waals surface area contributed by atoms with Crippen LogP contribution in [0.5, 0.6) is 0 Å². The number of ether oxygens (including phenoxy) is 1. The number of hydrogen-bond donors (Lipinski definition) is 2. The van der Waals surface area contributed by atoms with E-state index in [0.29, 0.717) is 11.8 Å². The summed E-state index contributed by atoms with van der Waals surface area (Å²) in [6.45, 7) is 4.58. The van der Waals surface area contributed by atoms with Gasteiger partial charge < -0.3 is 15.0 Å². The molecular weight excluding hydrogens is 316 g/mol. The van der Waals surface area contributed by atoms with E-state index in [1.54, 1.807) is 14.0 Å². The van der Waals surface area contributed by atoms with E-state index < -0.39 is 0 Å². The molecule has 2 N–H and O–H groups in total. The fourth-order valence-electron chi connectivity index (χ4n) is 4.61. The number of carbonyl (C=O) groups excluding carboxylic acids is 1. The molecule has 2 heterocycles. The summed E-state index contributed by atoms with van der Waals surface area (Å²) in [7, 11) is 1.75. The Morgan fingerprint density at radius 1 is 1.32 bits per heavy atom. The van der Waals surface area contributed by atoms with Crippen LogP contribution in [0, 0.1) is 11.8 Å². The molecule has 0 bridgehead atoms. The van der Waals surface area contributed by atoms with E-state index in [0.717, 1.165) is 49.3 Å². The highest BCUT2D eigenvalue weighted by Gasteiger charge is 2.42. The summed E-state index contributed by atoms with van der Waals surface area (Å²) in [5.41, 5.74) is 2.12. The number of likely N-dealkylation sites (tertiary alicyclic amines) is 1. The first-order valence-corrected chi connectivity index (χ1v) is 9.08. The monoisotopic (exact) mass is 342 g/mol. The van der Waals surface area contributed by atoms with Gasteiger partial charge >= 0.3 is 0 Å². The number of fused-ring (bicyclic) bond motifs is 2. The quantitative estimate of drug-likeness (QED) is 0.891. The molecule has 1 aromatic heterocycles. The van der Waals surface area contributed by atoms with E-state index in [4.69, 9.17) is 9.72 Å². The number of aromatic nitrogens is 2. The Morgan fingerprint density at radius 2 is 2.08 bits per heavy atom. The Hall–Kier alpha value is -1.92. The molecule has 1 amide bonds. The van der Waals surface area contributed by atoms with Gasteiger partial charge in [-0.15, -0.1) is 0 Å². The maximum Gasteiger partial charge on any atom is 0.217 e. The van der Waals surface area contributed by atoms with Crippen molar-refractivity contribution < 1.29 is 9.53 Å². The molecule has 25 heavy (non-hydrogen) atoms. The highest BCUT2D eigenvalue weighted by molar-refractivity contribution is 5.74. The summed E-state index contributed by atoms with van der Waals surface area (Å²) in [6, 6.07) is 8.29. The molecule has 0 unspecified atom stereocenters. The summed E-state index contributed by atoms with van der Waals surface area (Å²) < 4.78 is 5.65. The number of benzene rings is 1. The number of aromatic amines is 1. The van der Waals surface area contributed by atoms with E-state index in [2.05, 4.69) is 21.3 Å². The average molecular weight is 342 g/mol. The molecule has 134 valence electrons. The van der Waals surface area contributed by atoms with Crippen molar-refractivity contribution in [3.63, 3.8) is 0 Å². The molecule has 4 rings (SSSR count). The largest absolute Gasteiger partial charge is 0.379 e. The van der Waals surface area contributed by atoms with E-state index >= 15 is 0 Å². The van der Waals surface area contributed by atoms with Crippen LogP contribution in [0.2, 0.25) is 0 Å². The van der Waals surface area contributed by atoms with Crippen LogP contribution in [0.1, 0.15) is 25.6 Å². The Bertz CT molecular complexity index is 726. The van der Waals surface area contributed by atoms with E-state index in [-0.39, 0.29) is 18.1 Å². The van der Waals surface area contributed by atoms with Gasteiger partial charge in [0.15, 0.2) is 0 Å². The molecule has 2 aliphatic rings. The number of H-pyrrole nitrogens is 1. The normalized spacial score (nSPS) is 29.7. The summed E-state index contributed by atoms with van der Waals surface area (Å²) in [5.74, 6) is 2.32. The standard InChI is InChI=1S/C19H26N4O2/c1-12(24)20-17-7-13-9-23(10-14(13)8-18(17)25-2)11-19-21-15-5-3-4-6-16(15)22-19/h3-6,13-14,17-18H,7-11H2,1-2H3,(H,20,24)(H,21,22)/t13-,14+,17-,18-/m1/s1. The van der Waals surface area contributed by atoms with Crippen LogP contribution in [0.25, 0.3) is 11.0 Å². The van der Waals surface area contributed by atoms with Gasteiger partial charge in [0.2, 0.25) is 5.91 Å². The SMILES string of the molecule is CO[C@@H]1C[C@H]2CN(Cc3nc4ccccc4[nH]3)C[C@H]2C[C@H]1NC(C)=O. The average Bonchev–Trinajstić information content (AvgIpc) is 3.15. The number of para-hydroxylation sites is 2. The minimum Gasteiger partial charge on any atom is -0.379 e. The maximum atomic E-state index is 11.5. The number of rotatable bonds is 4. The van der Waals surface area contributed by atoms with Crippen molar-refractivity contribution in [2.45, 2.75) is 38.5 Å². The molecule has 1 aromatic carbocycles. The number of carbonyl (C=O) groups is 1. The van der Waals surface area contributed by atoms with Crippen LogP contribution in [0.3, 0.4) is 0 Å². The van der Waals surface area contributed by atoms with Crippen molar-refractivity contribution in [3.8, 4) is 0 Å². The molecule has 1 saturated heterocycles. The zero-order chi connectivity index (χ0) is 17.4. The zero-order valence-electron chi connectivity index (χ0n) is 14.9. The van der Waals surface area contributed by atoms with E-state index in [1.807, 2.05) is 18.2 Å². The van der Waals surface area contributed by atoms with Gasteiger partial charge in [0, 0.05) is 27.1 Å². The maximum absolute atomic E-state index is 11.5. The van der Waals surface area contributed by atoms with Crippen LogP contribution < -0.4 is 5.32 Å². The Labute approximate surface area is 147 Å². The Balaban J connectivity index is 1.42. The fourth-order valence-corrected chi connectivity index (χ4v) is 4.61. The molecule has 6 heteroatoms. The van der Waals surface area contributed by atoms with E-state index in [1.165, 1.54) is 0 Å². The first-order valence-electron chi connectivity index (χ1n) is 9.08. The summed E-state index contributed by atoms with van der Waals surface area (Å²) in [6.07, 6.45) is 2.14. The molecular formula is C19H26N4O2. The van der Waals surface area contributed by atoms with Gasteiger partial charge in [0.25, 0.3) is 0 Å². The van der Waals surface area contributed by atoms with Crippen LogP contribution in [-0.2, 0) is 16.1 Å². The minimum absolute atomic E-state index is 0.0302. The van der Waals surface area contributed by atoms with Crippen molar-refractivity contribution >= 4 is 16.9 Å². The highest BCUT2D eigenvalue weighted by atomic mass is 16.5. The minimum atomic E-state index is 0.0302. The summed E-state index contributed by atoms with van der Waals surface area (Å²) >= 11 is 0. The van der Waals surface area contributed by atoms with Crippen LogP contribution >= 0.6 is 0 Å². The number of hydrogen-bond acceptors (Lipinski definition) is 4. The zero-order valence-corrected chi connectivity index (χ0v) is 14.9. The molecule has 2 aromatic rings. The number of methoxy groups -OCH3 is 1. The van der Waals surface area contributed by atoms with Gasteiger partial charge in [0.1, 0.15) is 5.82 Å². The van der Waals surface area contributed by atoms with Gasteiger partial charge in [-0.25, -0.2) is 4.98 Å². The van der Waals surface area contributed by atoms with Crippen molar-refractivity contribution in [3.05, 3.63) is 30.1 Å². The molecule has 1 aliphatic carbocycles. The third kappa shape index (κ3) is 3.41. The van der Waals surface area contributed by atoms with Gasteiger partial charge in [-0.2, -0.15) is 0 Å². The number of nitrogens with one attached hydrogen (secondary N) is 2. The van der Waals surface area contributed by atoms with Crippen LogP contribution in [0.4, 0.5) is 0 Å². The smallest absolute Gasteiger partial charge is 0.217 e. The molecule has 0 spiro atoms. The summed E-state index contributed by atoms with van der Waals surface area (Å²) in [4.78, 5) is 22.1. The Morgan fingerprint density at radius 3 is 2.80 bits per heavy atom. The molecule has 6 nitrogen and oxygen atoms in total. The first-order chi connectivity index (χ1) is 12.1. The Kier molecular flexibility index (Phi) is 4.48. The number of amides is 1. The number of imidazole rings is 1. The predicted molar refractivity (Wildman–Crippen MR) is 96.0 cm³/mol. The lowest BCUT2D eigenvalue weighted by Crippen LogP contribution is -2.49. The topological polar surface area (TPSA) is 70.2 Å². The summed E-state index contributed by atoms with van der Waals surface area (Å²) in [5, 5.41) is 3.08. The molecule has 1 aliphatic heterocycles. The second-order valence-electron chi connectivity index (χ2n) is 7.47. The lowest BCUT2D eigenvalue weighted by atomic mass is 9.77. The third-order valence-electron chi connectivity index (χ3n) is 5.70. The predicted octanol–water partition coefficient (Wildman–Crippen LogP) is 1.92. The van der Waals surface area contributed by atoms with Crippen molar-refractivity contribution in [2.75, 3.05) is 20.2 Å². The van der Waals surface area contributed by atoms with Crippen LogP contribution in [0.15, 0.2) is 24.3 Å². The van der Waals surface area contributed by atoms with Crippen molar-refractivity contribution in [1.29, 1.82) is 0 Å². The van der Waals surface area contributed by atoms with Gasteiger partial charge in [-0.1, -0.05) is 12.1 Å². The van der Waals surface area contributed by atoms with E-state index in [9.17, 15) is 4.79 Å². The molecule has 0 radical (unpaired) electrons. The first kappa shape index (κ1) is 16.5. The fraction of sp³-hybridized carbons (Fsp3) is 0.579. The molecule has 4 atom stereocenters. The van der Waals surface area contributed by atoms with Gasteiger partial charge in [-0.3, -0.25) is 9.69 Å². The lowest BCUT2D eigenvalue weighted by Gasteiger charge is -2.37. The molecule has 1 saturated carbocycles. The van der Waals surface area contributed by atoms with Gasteiger partial charge in [0.05, 0.1) is 29.7 Å². The molecule has 2 fully saturated rings. The number of nitrogens with zero attached hydrogens (tertiary/aromatic N) is 2. The van der Waals surface area contributed by atoms with Crippen LogP contribution in [-0.4, -0.2) is 53.1 Å². The third-order valence-corrected chi connectivity index (χ3v) is 5.70. The lowest BCUT2D eigenvalue weighted by molar-refractivity contribution is -0.121. The highest BCUT2D eigenvalue weighted by Crippen LogP contribution is 2.38. The van der Waals surface area contributed by atoms with Gasteiger partial charge in [-0.05, 0) is 36.8 Å². The second-order valence-corrected chi connectivity index (χ2v) is 7.47. The van der Waals surface area contributed by atoms with Crippen molar-refractivity contribution in [1.82, 2.24) is 20.2 Å².